The summed E-state index contributed by atoms with van der Waals surface area (Å²) in [6.07, 6.45) is 2.25. The van der Waals surface area contributed by atoms with Gasteiger partial charge in [-0.05, 0) is 73.2 Å². The maximum Gasteiger partial charge on any atom is 0.220 e. The lowest BCUT2D eigenvalue weighted by atomic mass is 9.87. The smallest absolute Gasteiger partial charge is 0.200 e. The first-order valence-corrected chi connectivity index (χ1v) is 17.9. The van der Waals surface area contributed by atoms with Crippen molar-refractivity contribution in [1.29, 1.82) is 0 Å². The zero-order valence-corrected chi connectivity index (χ0v) is 28.2. The first kappa shape index (κ1) is 29.8. The SMILES string of the molecule is Cc1c(-c2c3ccc([Si](c4ccccc4)(c4ccccc4)C(C)(C)C)cc3cc[n+]2C)cc(-c2ccccc2)cc1C(C)C. The van der Waals surface area contributed by atoms with Crippen molar-refractivity contribution in [2.75, 3.05) is 0 Å². The van der Waals surface area contributed by atoms with Crippen molar-refractivity contribution in [3.8, 4) is 22.4 Å². The predicted molar refractivity (Wildman–Crippen MR) is 192 cm³/mol. The molecule has 0 saturated heterocycles. The minimum atomic E-state index is -2.45. The average molecular weight is 591 g/mol. The molecule has 1 heterocycles. The molecule has 0 atom stereocenters. The fraction of sp³-hybridized carbons (Fsp3) is 0.214. The van der Waals surface area contributed by atoms with Gasteiger partial charge >= 0.3 is 0 Å². The molecule has 6 rings (SSSR count). The minimum absolute atomic E-state index is 0.0401. The summed E-state index contributed by atoms with van der Waals surface area (Å²) in [6, 6.07) is 47.8. The van der Waals surface area contributed by atoms with Gasteiger partial charge < -0.3 is 0 Å². The third kappa shape index (κ3) is 5.02. The van der Waals surface area contributed by atoms with Crippen LogP contribution in [0.4, 0.5) is 0 Å². The molecule has 0 unspecified atom stereocenters. The van der Waals surface area contributed by atoms with E-state index in [4.69, 9.17) is 0 Å². The monoisotopic (exact) mass is 590 g/mol. The van der Waals surface area contributed by atoms with Crippen LogP contribution in [0.2, 0.25) is 5.04 Å². The molecule has 2 heteroatoms. The zero-order chi connectivity index (χ0) is 31.1. The van der Waals surface area contributed by atoms with Crippen molar-refractivity contribution in [3.63, 3.8) is 0 Å². The van der Waals surface area contributed by atoms with Crippen LogP contribution < -0.4 is 20.1 Å². The van der Waals surface area contributed by atoms with Gasteiger partial charge in [0.2, 0.25) is 5.69 Å². The van der Waals surface area contributed by atoms with E-state index >= 15 is 0 Å². The largest absolute Gasteiger partial charge is 0.220 e. The summed E-state index contributed by atoms with van der Waals surface area (Å²) in [6.45, 7) is 14.2. The molecule has 0 bridgehead atoms. The molecule has 0 saturated carbocycles. The van der Waals surface area contributed by atoms with Crippen LogP contribution in [0.1, 0.15) is 51.7 Å². The van der Waals surface area contributed by atoms with E-state index in [0.29, 0.717) is 5.92 Å². The minimum Gasteiger partial charge on any atom is -0.200 e. The molecule has 5 aromatic carbocycles. The van der Waals surface area contributed by atoms with Crippen LogP contribution in [-0.4, -0.2) is 8.07 Å². The zero-order valence-electron chi connectivity index (χ0n) is 27.2. The molecule has 44 heavy (non-hydrogen) atoms. The molecule has 6 aromatic rings. The fourth-order valence-corrected chi connectivity index (χ4v) is 13.2. The van der Waals surface area contributed by atoms with Crippen molar-refractivity contribution in [1.82, 2.24) is 0 Å². The van der Waals surface area contributed by atoms with Gasteiger partial charge in [-0.1, -0.05) is 144 Å². The van der Waals surface area contributed by atoms with Crippen LogP contribution in [0.3, 0.4) is 0 Å². The normalized spacial score (nSPS) is 12.2. The summed E-state index contributed by atoms with van der Waals surface area (Å²) >= 11 is 0. The van der Waals surface area contributed by atoms with E-state index in [1.54, 1.807) is 0 Å². The molecular formula is C42H44NSi+. The lowest BCUT2D eigenvalue weighted by Crippen LogP contribution is -2.72. The second-order valence-corrected chi connectivity index (χ2v) is 18.3. The summed E-state index contributed by atoms with van der Waals surface area (Å²) in [4.78, 5) is 0. The number of benzene rings is 5. The van der Waals surface area contributed by atoms with Gasteiger partial charge in [0.1, 0.15) is 7.05 Å². The quantitative estimate of drug-likeness (QED) is 0.104. The van der Waals surface area contributed by atoms with Crippen LogP contribution in [0.25, 0.3) is 33.2 Å². The molecule has 1 aromatic heterocycles. The Morgan fingerprint density at radius 1 is 0.614 bits per heavy atom. The number of hydrogen-bond donors (Lipinski definition) is 0. The summed E-state index contributed by atoms with van der Waals surface area (Å²) in [5, 5.41) is 6.98. The number of pyridine rings is 1. The Bertz CT molecular complexity index is 1880. The van der Waals surface area contributed by atoms with Gasteiger partial charge in [-0.15, -0.1) is 0 Å². The van der Waals surface area contributed by atoms with Gasteiger partial charge in [0, 0.05) is 6.07 Å². The van der Waals surface area contributed by atoms with E-state index in [1.807, 2.05) is 0 Å². The highest BCUT2D eigenvalue weighted by atomic mass is 28.3. The van der Waals surface area contributed by atoms with E-state index < -0.39 is 8.07 Å². The van der Waals surface area contributed by atoms with Crippen LogP contribution >= 0.6 is 0 Å². The number of aryl methyl sites for hydroxylation is 1. The average Bonchev–Trinajstić information content (AvgIpc) is 3.02. The fourth-order valence-electron chi connectivity index (χ4n) is 7.50. The Morgan fingerprint density at radius 3 is 1.73 bits per heavy atom. The topological polar surface area (TPSA) is 3.88 Å². The van der Waals surface area contributed by atoms with Crippen molar-refractivity contribution in [2.45, 2.75) is 52.5 Å². The Balaban J connectivity index is 1.64. The van der Waals surface area contributed by atoms with Gasteiger partial charge in [-0.3, -0.25) is 0 Å². The lowest BCUT2D eigenvalue weighted by molar-refractivity contribution is -0.659. The van der Waals surface area contributed by atoms with E-state index in [-0.39, 0.29) is 5.04 Å². The molecule has 0 spiro atoms. The highest BCUT2D eigenvalue weighted by molar-refractivity contribution is 7.13. The predicted octanol–water partition coefficient (Wildman–Crippen LogP) is 8.70. The maximum atomic E-state index is 2.51. The Labute approximate surface area is 264 Å². The summed E-state index contributed by atoms with van der Waals surface area (Å²) in [5.74, 6) is 0.430. The van der Waals surface area contributed by atoms with E-state index in [2.05, 4.69) is 187 Å². The molecule has 0 N–H and O–H groups in total. The number of fused-ring (bicyclic) bond motifs is 1. The van der Waals surface area contributed by atoms with Crippen LogP contribution in [0.15, 0.2) is 134 Å². The number of aromatic nitrogens is 1. The summed E-state index contributed by atoms with van der Waals surface area (Å²) in [7, 11) is -0.259. The maximum absolute atomic E-state index is 2.51. The standard InChI is InChI=1S/C42H44NSi/c1-30(2)39-28-34(32-17-11-8-12-18-32)29-40(31(39)3)41-38-24-23-37(27-33(38)25-26-43(41)7)44(42(4,5)6,35-19-13-9-14-20-35)36-21-15-10-16-22-36/h8-30H,1-7H3/q+1. The van der Waals surface area contributed by atoms with Crippen molar-refractivity contribution < 1.29 is 4.57 Å². The second kappa shape index (κ2) is 11.7. The first-order valence-electron chi connectivity index (χ1n) is 15.9. The summed E-state index contributed by atoms with van der Waals surface area (Å²) < 4.78 is 2.31. The van der Waals surface area contributed by atoms with Crippen molar-refractivity contribution in [2.24, 2.45) is 7.05 Å². The van der Waals surface area contributed by atoms with E-state index in [1.165, 1.54) is 59.8 Å². The third-order valence-electron chi connectivity index (χ3n) is 9.54. The summed E-state index contributed by atoms with van der Waals surface area (Å²) in [5.41, 5.74) is 7.87. The molecule has 0 aliphatic heterocycles. The Kier molecular flexibility index (Phi) is 7.90. The van der Waals surface area contributed by atoms with E-state index in [9.17, 15) is 0 Å². The highest BCUT2D eigenvalue weighted by Crippen LogP contribution is 2.38. The van der Waals surface area contributed by atoms with Gasteiger partial charge in [0.05, 0.1) is 10.9 Å². The number of rotatable bonds is 6. The Hall–Kier alpha value is -4.27. The van der Waals surface area contributed by atoms with Crippen LogP contribution in [0, 0.1) is 6.92 Å². The molecule has 0 aliphatic carbocycles. The molecular weight excluding hydrogens is 547 g/mol. The molecule has 0 fully saturated rings. The highest BCUT2D eigenvalue weighted by Gasteiger charge is 2.49. The number of nitrogens with zero attached hydrogens (tertiary/aromatic N) is 1. The van der Waals surface area contributed by atoms with Crippen molar-refractivity contribution >= 4 is 34.4 Å². The molecule has 0 aliphatic rings. The van der Waals surface area contributed by atoms with Gasteiger partial charge in [0.25, 0.3) is 0 Å². The van der Waals surface area contributed by atoms with Crippen molar-refractivity contribution in [3.05, 3.63) is 145 Å². The van der Waals surface area contributed by atoms with Gasteiger partial charge in [-0.2, -0.15) is 0 Å². The van der Waals surface area contributed by atoms with Gasteiger partial charge in [-0.25, -0.2) is 4.57 Å². The molecule has 220 valence electrons. The van der Waals surface area contributed by atoms with E-state index in [0.717, 1.165) is 0 Å². The number of hydrogen-bond acceptors (Lipinski definition) is 0. The van der Waals surface area contributed by atoms with Crippen LogP contribution in [-0.2, 0) is 7.05 Å². The lowest BCUT2D eigenvalue weighted by Gasteiger charge is -2.44. The second-order valence-electron chi connectivity index (χ2n) is 13.6. The third-order valence-corrected chi connectivity index (χ3v) is 15.4. The molecule has 0 amide bonds. The molecule has 1 nitrogen and oxygen atoms in total. The molecule has 0 radical (unpaired) electrons. The first-order chi connectivity index (χ1) is 21.1. The Morgan fingerprint density at radius 2 is 1.18 bits per heavy atom. The van der Waals surface area contributed by atoms with Gasteiger partial charge in [0.15, 0.2) is 14.3 Å². The van der Waals surface area contributed by atoms with Crippen LogP contribution in [0.5, 0.6) is 0 Å².